The molecule has 0 saturated carbocycles. The molecule has 9 nitrogen and oxygen atoms in total. The van der Waals surface area contributed by atoms with Crippen LogP contribution >= 0.6 is 0 Å². The van der Waals surface area contributed by atoms with Gasteiger partial charge in [0.05, 0.1) is 41.1 Å². The molecule has 39 heavy (non-hydrogen) atoms. The fourth-order valence-electron chi connectivity index (χ4n) is 4.38. The Hall–Kier alpha value is -4.92. The van der Waals surface area contributed by atoms with E-state index in [0.717, 1.165) is 12.7 Å². The van der Waals surface area contributed by atoms with Gasteiger partial charge >= 0.3 is 11.9 Å². The minimum absolute atomic E-state index is 0.180. The highest BCUT2D eigenvalue weighted by molar-refractivity contribution is 6.18. The highest BCUT2D eigenvalue weighted by Gasteiger charge is 2.31. The molecule has 1 N–H and O–H groups in total. The number of ether oxygens (including phenoxy) is 6. The van der Waals surface area contributed by atoms with Gasteiger partial charge in [-0.2, -0.15) is 0 Å². The van der Waals surface area contributed by atoms with Gasteiger partial charge < -0.3 is 33.5 Å². The highest BCUT2D eigenvalue weighted by Crippen LogP contribution is 2.47. The molecule has 0 heterocycles. The summed E-state index contributed by atoms with van der Waals surface area (Å²) in [5.74, 6) is -0.703. The zero-order valence-corrected chi connectivity index (χ0v) is 22.2. The number of phenolic OH excluding ortho intramolecular Hbond substituents is 1. The van der Waals surface area contributed by atoms with Gasteiger partial charge in [-0.3, -0.25) is 0 Å². The zero-order chi connectivity index (χ0) is 28.1. The van der Waals surface area contributed by atoms with E-state index in [2.05, 4.69) is 0 Å². The van der Waals surface area contributed by atoms with Crippen LogP contribution in [0.15, 0.2) is 60.7 Å². The molecule has 0 aromatic heterocycles. The molecule has 0 spiro atoms. The van der Waals surface area contributed by atoms with Crippen LogP contribution < -0.4 is 18.9 Å². The first-order valence-corrected chi connectivity index (χ1v) is 11.8. The van der Waals surface area contributed by atoms with E-state index in [1.807, 2.05) is 30.3 Å². The van der Waals surface area contributed by atoms with Crippen LogP contribution in [0.5, 0.6) is 28.7 Å². The summed E-state index contributed by atoms with van der Waals surface area (Å²) in [6, 6.07) is 17.8. The second-order valence-corrected chi connectivity index (χ2v) is 8.35. The van der Waals surface area contributed by atoms with Gasteiger partial charge in [0.25, 0.3) is 0 Å². The summed E-state index contributed by atoms with van der Waals surface area (Å²) in [5.41, 5.74) is 1.19. The second kappa shape index (κ2) is 11.6. The van der Waals surface area contributed by atoms with Crippen LogP contribution in [0.1, 0.15) is 26.3 Å². The largest absolute Gasteiger partial charge is 0.506 e. The van der Waals surface area contributed by atoms with Gasteiger partial charge in [-0.25, -0.2) is 9.59 Å². The van der Waals surface area contributed by atoms with E-state index in [4.69, 9.17) is 28.4 Å². The highest BCUT2D eigenvalue weighted by atomic mass is 16.5. The molecule has 4 aromatic carbocycles. The van der Waals surface area contributed by atoms with Gasteiger partial charge in [0.1, 0.15) is 17.9 Å². The van der Waals surface area contributed by atoms with Crippen molar-refractivity contribution in [1.29, 1.82) is 0 Å². The lowest BCUT2D eigenvalue weighted by atomic mass is 9.88. The molecule has 4 rings (SSSR count). The normalized spacial score (nSPS) is 10.6. The molecule has 4 aromatic rings. The first-order valence-electron chi connectivity index (χ1n) is 11.8. The van der Waals surface area contributed by atoms with Crippen LogP contribution in [0.2, 0.25) is 0 Å². The second-order valence-electron chi connectivity index (χ2n) is 8.35. The molecule has 9 heteroatoms. The van der Waals surface area contributed by atoms with Gasteiger partial charge in [0.15, 0.2) is 23.0 Å². The van der Waals surface area contributed by atoms with Gasteiger partial charge in [0.2, 0.25) is 0 Å². The molecular formula is C30H28O9. The molecule has 0 aliphatic rings. The molecule has 0 amide bonds. The first-order chi connectivity index (χ1) is 18.9. The Bertz CT molecular complexity index is 1530. The van der Waals surface area contributed by atoms with Crippen LogP contribution in [0, 0.1) is 0 Å². The van der Waals surface area contributed by atoms with Crippen molar-refractivity contribution in [2.45, 2.75) is 6.61 Å². The van der Waals surface area contributed by atoms with Crippen LogP contribution in [-0.2, 0) is 16.1 Å². The third-order valence-corrected chi connectivity index (χ3v) is 6.25. The maximum Gasteiger partial charge on any atom is 0.342 e. The fourth-order valence-corrected chi connectivity index (χ4v) is 4.38. The van der Waals surface area contributed by atoms with Crippen LogP contribution in [0.25, 0.3) is 21.9 Å². The Labute approximate surface area is 225 Å². The summed E-state index contributed by atoms with van der Waals surface area (Å²) in [5, 5.41) is 11.9. The topological polar surface area (TPSA) is 110 Å². The molecule has 0 fully saturated rings. The number of carbonyl (C=O) groups excluding carboxylic acids is 2. The maximum atomic E-state index is 13.2. The lowest BCUT2D eigenvalue weighted by Crippen LogP contribution is -2.14. The third kappa shape index (κ3) is 5.11. The third-order valence-electron chi connectivity index (χ3n) is 6.25. The van der Waals surface area contributed by atoms with Gasteiger partial charge in [-0.15, -0.1) is 0 Å². The number of fused-ring (bicyclic) bond motifs is 1. The number of phenols is 1. The van der Waals surface area contributed by atoms with Crippen molar-refractivity contribution in [1.82, 2.24) is 0 Å². The maximum absolute atomic E-state index is 13.2. The molecule has 0 atom stereocenters. The predicted molar refractivity (Wildman–Crippen MR) is 144 cm³/mol. The number of hydrogen-bond donors (Lipinski definition) is 1. The van der Waals surface area contributed by atoms with Gasteiger partial charge in [-0.1, -0.05) is 36.4 Å². The van der Waals surface area contributed by atoms with Gasteiger partial charge in [-0.05, 0) is 40.8 Å². The lowest BCUT2D eigenvalue weighted by molar-refractivity contribution is 0.0553. The van der Waals surface area contributed by atoms with E-state index >= 15 is 0 Å². The van der Waals surface area contributed by atoms with E-state index < -0.39 is 17.7 Å². The first kappa shape index (κ1) is 27.1. The molecule has 0 saturated heterocycles. The summed E-state index contributed by atoms with van der Waals surface area (Å²) >= 11 is 0. The SMILES string of the molecule is COC(=O)c1c(C(=O)OC)c(-c2ccc(OC)c(OC)c2)c2cc(OCc3ccccc3)c(OC)cc2c1O. The van der Waals surface area contributed by atoms with Gasteiger partial charge in [0, 0.05) is 10.9 Å². The average Bonchev–Trinajstić information content (AvgIpc) is 2.98. The molecule has 0 aliphatic carbocycles. The number of esters is 2. The number of carbonyl (C=O) groups is 2. The van der Waals surface area contributed by atoms with Crippen molar-refractivity contribution < 1.29 is 43.1 Å². The number of rotatable bonds is 9. The number of methoxy groups -OCH3 is 5. The Morgan fingerprint density at radius 1 is 0.667 bits per heavy atom. The fraction of sp³-hybridized carbons (Fsp3) is 0.200. The minimum atomic E-state index is -0.917. The van der Waals surface area contributed by atoms with E-state index in [-0.39, 0.29) is 23.1 Å². The Morgan fingerprint density at radius 2 is 1.26 bits per heavy atom. The summed E-state index contributed by atoms with van der Waals surface area (Å²) in [4.78, 5) is 26.1. The van der Waals surface area contributed by atoms with Crippen LogP contribution in [0.4, 0.5) is 0 Å². The number of benzene rings is 4. The summed E-state index contributed by atoms with van der Waals surface area (Å²) in [7, 11) is 6.80. The monoisotopic (exact) mass is 532 g/mol. The molecular weight excluding hydrogens is 504 g/mol. The Kier molecular flexibility index (Phi) is 8.10. The molecule has 0 aliphatic heterocycles. The van der Waals surface area contributed by atoms with Crippen molar-refractivity contribution in [2.75, 3.05) is 35.5 Å². The predicted octanol–water partition coefficient (Wildman–Crippen LogP) is 5.39. The van der Waals surface area contributed by atoms with E-state index in [1.165, 1.54) is 28.4 Å². The van der Waals surface area contributed by atoms with Crippen molar-refractivity contribution in [2.24, 2.45) is 0 Å². The summed E-state index contributed by atoms with van der Waals surface area (Å²) in [6.07, 6.45) is 0. The Morgan fingerprint density at radius 3 is 1.87 bits per heavy atom. The van der Waals surface area contributed by atoms with Crippen molar-refractivity contribution >= 4 is 22.7 Å². The van der Waals surface area contributed by atoms with E-state index in [9.17, 15) is 14.7 Å². The summed E-state index contributed by atoms with van der Waals surface area (Å²) in [6.45, 7) is 0.241. The smallest absolute Gasteiger partial charge is 0.342 e. The van der Waals surface area contributed by atoms with Crippen LogP contribution in [0.3, 0.4) is 0 Å². The van der Waals surface area contributed by atoms with Crippen LogP contribution in [-0.4, -0.2) is 52.6 Å². The molecule has 0 radical (unpaired) electrons. The number of aromatic hydroxyl groups is 1. The molecule has 0 unspecified atom stereocenters. The van der Waals surface area contributed by atoms with Crippen molar-refractivity contribution in [3.05, 3.63) is 77.4 Å². The summed E-state index contributed by atoms with van der Waals surface area (Å²) < 4.78 is 32.5. The van der Waals surface area contributed by atoms with Crippen molar-refractivity contribution in [3.8, 4) is 39.9 Å². The number of hydrogen-bond acceptors (Lipinski definition) is 9. The lowest BCUT2D eigenvalue weighted by Gasteiger charge is -2.20. The van der Waals surface area contributed by atoms with E-state index in [0.29, 0.717) is 39.5 Å². The van der Waals surface area contributed by atoms with E-state index in [1.54, 1.807) is 30.3 Å². The quantitative estimate of drug-likeness (QED) is 0.284. The standard InChI is InChI=1S/C30H28O9/c1-34-21-12-11-18(13-22(21)35-2)25-19-14-24(39-16-17-9-7-6-8-10-17)23(36-3)15-20(19)28(31)27(30(33)38-5)26(25)29(32)37-4/h6-15,31H,16H2,1-5H3. The zero-order valence-electron chi connectivity index (χ0n) is 22.2. The molecule has 0 bridgehead atoms. The molecule has 202 valence electrons. The average molecular weight is 533 g/mol. The Balaban J connectivity index is 2.09. The van der Waals surface area contributed by atoms with Crippen molar-refractivity contribution in [3.63, 3.8) is 0 Å². The minimum Gasteiger partial charge on any atom is -0.506 e.